The molecular formula is C16H25Cl2N3O3S. The third-order valence-corrected chi connectivity index (χ3v) is 6.64. The smallest absolute Gasteiger partial charge is 0.244 e. The van der Waals surface area contributed by atoms with Crippen molar-refractivity contribution in [3.8, 4) is 0 Å². The Hall–Kier alpha value is -0.860. The summed E-state index contributed by atoms with van der Waals surface area (Å²) in [6.45, 7) is 4.85. The Morgan fingerprint density at radius 2 is 1.80 bits per heavy atom. The SMILES string of the molecule is CCCC(C)(N)C(=O)N1CCN(S(=O)(=O)c2ccccc2Cl)CC1.Cl. The lowest BCUT2D eigenvalue weighted by Crippen LogP contribution is -2.58. The molecule has 2 N–H and O–H groups in total. The van der Waals surface area contributed by atoms with Gasteiger partial charge in [-0.1, -0.05) is 37.1 Å². The van der Waals surface area contributed by atoms with Crippen molar-refractivity contribution in [2.75, 3.05) is 26.2 Å². The zero-order valence-corrected chi connectivity index (χ0v) is 16.8. The van der Waals surface area contributed by atoms with Crippen molar-refractivity contribution >= 4 is 39.9 Å². The van der Waals surface area contributed by atoms with Crippen molar-refractivity contribution in [2.45, 2.75) is 37.1 Å². The van der Waals surface area contributed by atoms with Crippen molar-refractivity contribution in [1.29, 1.82) is 0 Å². The van der Waals surface area contributed by atoms with E-state index >= 15 is 0 Å². The lowest BCUT2D eigenvalue weighted by atomic mass is 9.95. The van der Waals surface area contributed by atoms with Crippen LogP contribution in [0.4, 0.5) is 0 Å². The van der Waals surface area contributed by atoms with Crippen LogP contribution in [0.2, 0.25) is 5.02 Å². The second-order valence-electron chi connectivity index (χ2n) is 6.29. The molecule has 0 aliphatic carbocycles. The summed E-state index contributed by atoms with van der Waals surface area (Å²) in [7, 11) is -3.66. The van der Waals surface area contributed by atoms with Gasteiger partial charge in [-0.05, 0) is 25.5 Å². The largest absolute Gasteiger partial charge is 0.338 e. The molecule has 0 radical (unpaired) electrons. The first-order chi connectivity index (χ1) is 11.2. The van der Waals surface area contributed by atoms with E-state index in [0.717, 1.165) is 6.42 Å². The van der Waals surface area contributed by atoms with Crippen LogP contribution >= 0.6 is 24.0 Å². The average molecular weight is 410 g/mol. The minimum Gasteiger partial charge on any atom is -0.338 e. The van der Waals surface area contributed by atoms with Gasteiger partial charge in [-0.3, -0.25) is 4.79 Å². The normalized spacial score (nSPS) is 18.3. The predicted octanol–water partition coefficient (Wildman–Crippen LogP) is 2.11. The van der Waals surface area contributed by atoms with Gasteiger partial charge < -0.3 is 10.6 Å². The number of benzene rings is 1. The van der Waals surface area contributed by atoms with Gasteiger partial charge in [0.25, 0.3) is 0 Å². The molecule has 0 saturated carbocycles. The van der Waals surface area contributed by atoms with E-state index in [-0.39, 0.29) is 41.3 Å². The van der Waals surface area contributed by atoms with Gasteiger partial charge in [-0.15, -0.1) is 12.4 Å². The molecule has 142 valence electrons. The Morgan fingerprint density at radius 1 is 1.24 bits per heavy atom. The summed E-state index contributed by atoms with van der Waals surface area (Å²) in [6, 6.07) is 6.38. The molecule has 1 unspecified atom stereocenters. The van der Waals surface area contributed by atoms with Gasteiger partial charge in [-0.25, -0.2) is 8.42 Å². The number of carbonyl (C=O) groups is 1. The molecule has 9 heteroatoms. The minimum absolute atomic E-state index is 0. The number of halogens is 2. The van der Waals surface area contributed by atoms with E-state index in [9.17, 15) is 13.2 Å². The molecule has 1 fully saturated rings. The van der Waals surface area contributed by atoms with Crippen LogP contribution in [0, 0.1) is 0 Å². The first-order valence-electron chi connectivity index (χ1n) is 8.03. The molecule has 0 aromatic heterocycles. The lowest BCUT2D eigenvalue weighted by Gasteiger charge is -2.38. The maximum Gasteiger partial charge on any atom is 0.244 e. The molecule has 0 spiro atoms. The topological polar surface area (TPSA) is 83.7 Å². The Kier molecular flexibility index (Phi) is 7.71. The van der Waals surface area contributed by atoms with Gasteiger partial charge in [0.15, 0.2) is 0 Å². The maximum atomic E-state index is 12.7. The first kappa shape index (κ1) is 22.2. The van der Waals surface area contributed by atoms with Crippen LogP contribution < -0.4 is 5.73 Å². The molecule has 6 nitrogen and oxygen atoms in total. The maximum absolute atomic E-state index is 12.7. The first-order valence-corrected chi connectivity index (χ1v) is 9.85. The predicted molar refractivity (Wildman–Crippen MR) is 102 cm³/mol. The fourth-order valence-electron chi connectivity index (χ4n) is 2.91. The second-order valence-corrected chi connectivity index (χ2v) is 8.61. The van der Waals surface area contributed by atoms with Gasteiger partial charge >= 0.3 is 0 Å². The Balaban J connectivity index is 0.00000312. The molecule has 1 heterocycles. The highest BCUT2D eigenvalue weighted by Crippen LogP contribution is 2.25. The van der Waals surface area contributed by atoms with Gasteiger partial charge in [0.1, 0.15) is 4.90 Å². The van der Waals surface area contributed by atoms with Crippen LogP contribution in [-0.4, -0.2) is 55.2 Å². The summed E-state index contributed by atoms with van der Waals surface area (Å²) in [5, 5.41) is 0.202. The third kappa shape index (κ3) is 4.86. The van der Waals surface area contributed by atoms with E-state index in [1.165, 1.54) is 10.4 Å². The fourth-order valence-corrected chi connectivity index (χ4v) is 4.83. The second kappa shape index (κ2) is 8.68. The zero-order chi connectivity index (χ0) is 18.0. The molecule has 25 heavy (non-hydrogen) atoms. The van der Waals surface area contributed by atoms with Crippen LogP contribution in [0.25, 0.3) is 0 Å². The highest BCUT2D eigenvalue weighted by Gasteiger charge is 2.36. The van der Waals surface area contributed by atoms with Crippen molar-refractivity contribution in [3.05, 3.63) is 29.3 Å². The number of carbonyl (C=O) groups excluding carboxylic acids is 1. The zero-order valence-electron chi connectivity index (χ0n) is 14.4. The summed E-state index contributed by atoms with van der Waals surface area (Å²) in [4.78, 5) is 14.2. The molecule has 1 saturated heterocycles. The number of rotatable bonds is 5. The summed E-state index contributed by atoms with van der Waals surface area (Å²) in [5.41, 5.74) is 5.19. The molecule has 1 aromatic carbocycles. The minimum atomic E-state index is -3.66. The number of amides is 1. The van der Waals surface area contributed by atoms with Crippen LogP contribution in [0.1, 0.15) is 26.7 Å². The average Bonchev–Trinajstić information content (AvgIpc) is 2.54. The Labute approximate surface area is 160 Å². The molecule has 1 aliphatic heterocycles. The molecule has 1 aromatic rings. The van der Waals surface area contributed by atoms with Crippen molar-refractivity contribution in [2.24, 2.45) is 5.73 Å². The standard InChI is InChI=1S/C16H24ClN3O3S.ClH/c1-3-8-16(2,18)15(21)19-9-11-20(12-10-19)24(22,23)14-7-5-4-6-13(14)17;/h4-7H,3,8-12,18H2,1-2H3;1H. The van der Waals surface area contributed by atoms with Gasteiger partial charge in [0.05, 0.1) is 10.6 Å². The van der Waals surface area contributed by atoms with Crippen LogP contribution in [0.3, 0.4) is 0 Å². The van der Waals surface area contributed by atoms with E-state index in [0.29, 0.717) is 19.5 Å². The Morgan fingerprint density at radius 3 is 2.32 bits per heavy atom. The lowest BCUT2D eigenvalue weighted by molar-refractivity contribution is -0.137. The van der Waals surface area contributed by atoms with Crippen molar-refractivity contribution < 1.29 is 13.2 Å². The van der Waals surface area contributed by atoms with Crippen molar-refractivity contribution in [1.82, 2.24) is 9.21 Å². The van der Waals surface area contributed by atoms with Crippen molar-refractivity contribution in [3.63, 3.8) is 0 Å². The van der Waals surface area contributed by atoms with E-state index in [2.05, 4.69) is 0 Å². The van der Waals surface area contributed by atoms with Crippen LogP contribution in [0.5, 0.6) is 0 Å². The molecule has 1 atom stereocenters. The van der Waals surface area contributed by atoms with Crippen LogP contribution in [-0.2, 0) is 14.8 Å². The molecule has 1 amide bonds. The summed E-state index contributed by atoms with van der Waals surface area (Å²) >= 11 is 6.01. The van der Waals surface area contributed by atoms with Gasteiger partial charge in [0, 0.05) is 26.2 Å². The molecule has 1 aliphatic rings. The fraction of sp³-hybridized carbons (Fsp3) is 0.562. The van der Waals surface area contributed by atoms with E-state index < -0.39 is 15.6 Å². The number of piperazine rings is 1. The van der Waals surface area contributed by atoms with E-state index in [1.807, 2.05) is 6.92 Å². The summed E-state index contributed by atoms with van der Waals surface area (Å²) < 4.78 is 26.8. The molecule has 0 bridgehead atoms. The summed E-state index contributed by atoms with van der Waals surface area (Å²) in [5.74, 6) is -0.126. The van der Waals surface area contributed by atoms with E-state index in [4.69, 9.17) is 17.3 Å². The summed E-state index contributed by atoms with van der Waals surface area (Å²) in [6.07, 6.45) is 1.42. The number of hydrogen-bond acceptors (Lipinski definition) is 4. The highest BCUT2D eigenvalue weighted by atomic mass is 35.5. The highest BCUT2D eigenvalue weighted by molar-refractivity contribution is 7.89. The number of nitrogens with zero attached hydrogens (tertiary/aromatic N) is 2. The monoisotopic (exact) mass is 409 g/mol. The Bertz CT molecular complexity index is 702. The quantitative estimate of drug-likeness (QED) is 0.806. The molecular weight excluding hydrogens is 385 g/mol. The van der Waals surface area contributed by atoms with Crippen LogP contribution in [0.15, 0.2) is 29.2 Å². The van der Waals surface area contributed by atoms with Gasteiger partial charge in [0.2, 0.25) is 15.9 Å². The number of sulfonamides is 1. The van der Waals surface area contributed by atoms with Gasteiger partial charge in [-0.2, -0.15) is 4.31 Å². The molecule has 2 rings (SSSR count). The van der Waals surface area contributed by atoms with E-state index in [1.54, 1.807) is 30.0 Å². The number of nitrogens with two attached hydrogens (primary N) is 1. The number of hydrogen-bond donors (Lipinski definition) is 1. The third-order valence-electron chi connectivity index (χ3n) is 4.24.